The number of anilines is 1. The largest absolute Gasteiger partial charge is 0.280 e. The summed E-state index contributed by atoms with van der Waals surface area (Å²) in [5.41, 5.74) is 1.02. The monoisotopic (exact) mass is 532 g/mol. The quantitative estimate of drug-likeness (QED) is 0.238. The maximum Gasteiger partial charge on any atom is 0.280 e. The average molecular weight is 532 g/mol. The number of nitrogens with one attached hydrogen (secondary N) is 1. The highest BCUT2D eigenvalue weighted by molar-refractivity contribution is 7.92. The van der Waals surface area contributed by atoms with Crippen LogP contribution in [-0.4, -0.2) is 43.1 Å². The molecule has 15 heteroatoms. The fourth-order valence-corrected chi connectivity index (χ4v) is 4.83. The number of nitro benzene ring substituents is 2. The minimum atomic E-state index is -4.38. The molecule has 0 spiro atoms. The zero-order chi connectivity index (χ0) is 27.0. The summed E-state index contributed by atoms with van der Waals surface area (Å²) in [4.78, 5) is 24.4. The molecule has 0 saturated heterocycles. The summed E-state index contributed by atoms with van der Waals surface area (Å²) in [6.07, 6.45) is 3.28. The van der Waals surface area contributed by atoms with E-state index in [4.69, 9.17) is 0 Å². The fourth-order valence-electron chi connectivity index (χ4n) is 3.73. The van der Waals surface area contributed by atoms with Gasteiger partial charge in [-0.15, -0.1) is 10.2 Å². The van der Waals surface area contributed by atoms with E-state index in [1.807, 2.05) is 6.07 Å². The van der Waals surface area contributed by atoms with Crippen LogP contribution in [0.5, 0.6) is 0 Å². The number of hydrogen-bond acceptors (Lipinski definition) is 10. The summed E-state index contributed by atoms with van der Waals surface area (Å²) in [5.74, 6) is 0.501. The van der Waals surface area contributed by atoms with E-state index in [-0.39, 0.29) is 11.3 Å². The van der Waals surface area contributed by atoms with Crippen molar-refractivity contribution >= 4 is 32.7 Å². The Hall–Kier alpha value is -5.31. The van der Waals surface area contributed by atoms with E-state index >= 15 is 0 Å². The highest BCUT2D eigenvalue weighted by Gasteiger charge is 2.28. The van der Waals surface area contributed by atoms with Gasteiger partial charge in [0, 0.05) is 41.3 Å². The van der Waals surface area contributed by atoms with E-state index in [1.54, 1.807) is 47.2 Å². The van der Waals surface area contributed by atoms with Gasteiger partial charge in [0.05, 0.1) is 15.5 Å². The van der Waals surface area contributed by atoms with E-state index in [2.05, 4.69) is 25.0 Å². The number of nitro groups is 2. The molecule has 0 unspecified atom stereocenters. The van der Waals surface area contributed by atoms with Crippen molar-refractivity contribution in [2.24, 2.45) is 0 Å². The Morgan fingerprint density at radius 3 is 2.18 bits per heavy atom. The van der Waals surface area contributed by atoms with Crippen LogP contribution in [0.25, 0.3) is 28.3 Å². The molecule has 190 valence electrons. The van der Waals surface area contributed by atoms with Gasteiger partial charge in [-0.1, -0.05) is 12.1 Å². The summed E-state index contributed by atoms with van der Waals surface area (Å²) in [5, 5.41) is 35.5. The van der Waals surface area contributed by atoms with Crippen molar-refractivity contribution in [2.75, 3.05) is 4.72 Å². The first-order valence-electron chi connectivity index (χ1n) is 10.8. The SMILES string of the molecule is Cc1c([N+](=O)[O-])cc(S(=O)(=O)Nc2ccc(-c3ccc4nnc(-c5cccnc5)n4n3)cc2)cc1[N+](=O)[O-]. The second-order valence-electron chi connectivity index (χ2n) is 8.04. The molecule has 0 aliphatic carbocycles. The minimum Gasteiger partial charge on any atom is -0.280 e. The van der Waals surface area contributed by atoms with E-state index in [0.29, 0.717) is 22.7 Å². The number of sulfonamides is 1. The number of benzene rings is 2. The molecule has 14 nitrogen and oxygen atoms in total. The summed E-state index contributed by atoms with van der Waals surface area (Å²) in [6, 6.07) is 14.9. The lowest BCUT2D eigenvalue weighted by Gasteiger charge is -2.10. The number of fused-ring (bicyclic) bond motifs is 1. The molecule has 0 fully saturated rings. The highest BCUT2D eigenvalue weighted by atomic mass is 32.2. The van der Waals surface area contributed by atoms with Crippen molar-refractivity contribution in [1.82, 2.24) is 24.8 Å². The second-order valence-corrected chi connectivity index (χ2v) is 9.72. The molecule has 2 aromatic carbocycles. The second kappa shape index (κ2) is 9.29. The molecule has 0 saturated carbocycles. The van der Waals surface area contributed by atoms with Crippen molar-refractivity contribution in [3.63, 3.8) is 0 Å². The van der Waals surface area contributed by atoms with Crippen LogP contribution in [0.2, 0.25) is 0 Å². The molecule has 1 N–H and O–H groups in total. The van der Waals surface area contributed by atoms with Crippen LogP contribution >= 0.6 is 0 Å². The molecule has 5 rings (SSSR count). The molecule has 3 heterocycles. The zero-order valence-corrected chi connectivity index (χ0v) is 20.2. The fraction of sp³-hybridized carbons (Fsp3) is 0.0435. The number of nitrogens with zero attached hydrogens (tertiary/aromatic N) is 7. The van der Waals surface area contributed by atoms with Gasteiger partial charge in [0.1, 0.15) is 10.5 Å². The number of aromatic nitrogens is 5. The highest BCUT2D eigenvalue weighted by Crippen LogP contribution is 2.32. The van der Waals surface area contributed by atoms with Crippen LogP contribution in [0.4, 0.5) is 17.1 Å². The Balaban J connectivity index is 1.45. The van der Waals surface area contributed by atoms with Gasteiger partial charge in [-0.05, 0) is 43.3 Å². The van der Waals surface area contributed by atoms with Crippen LogP contribution in [0.1, 0.15) is 5.56 Å². The van der Waals surface area contributed by atoms with Crippen LogP contribution in [0.15, 0.2) is 78.0 Å². The van der Waals surface area contributed by atoms with Crippen LogP contribution in [-0.2, 0) is 10.0 Å². The van der Waals surface area contributed by atoms with Crippen molar-refractivity contribution in [3.05, 3.63) is 98.8 Å². The van der Waals surface area contributed by atoms with Crippen LogP contribution in [0.3, 0.4) is 0 Å². The van der Waals surface area contributed by atoms with E-state index in [1.165, 1.54) is 19.1 Å². The molecule has 0 atom stereocenters. The van der Waals surface area contributed by atoms with Gasteiger partial charge in [0.15, 0.2) is 11.5 Å². The molecule has 0 amide bonds. The number of pyridine rings is 1. The average Bonchev–Trinajstić information content (AvgIpc) is 3.32. The van der Waals surface area contributed by atoms with E-state index < -0.39 is 36.1 Å². The normalized spacial score (nSPS) is 11.4. The predicted octanol–water partition coefficient (Wildman–Crippen LogP) is 3.78. The third-order valence-electron chi connectivity index (χ3n) is 5.65. The number of rotatable bonds is 7. The maximum atomic E-state index is 12.9. The summed E-state index contributed by atoms with van der Waals surface area (Å²) in [6.45, 7) is 1.18. The summed E-state index contributed by atoms with van der Waals surface area (Å²) < 4.78 is 29.7. The first-order valence-corrected chi connectivity index (χ1v) is 12.3. The lowest BCUT2D eigenvalue weighted by atomic mass is 10.1. The number of hydrogen-bond donors (Lipinski definition) is 1. The van der Waals surface area contributed by atoms with Crippen molar-refractivity contribution in [2.45, 2.75) is 11.8 Å². The molecule has 38 heavy (non-hydrogen) atoms. The Bertz CT molecular complexity index is 1790. The standard InChI is InChI=1S/C23H16N8O6S/c1-14-20(30(32)33)11-18(12-21(14)31(34)35)38(36,37)28-17-6-4-15(5-7-17)19-8-9-22-25-26-23(29(22)27-19)16-3-2-10-24-13-16/h2-13,28H,1H3. The van der Waals surface area contributed by atoms with Gasteiger partial charge >= 0.3 is 0 Å². The van der Waals surface area contributed by atoms with Gasteiger partial charge < -0.3 is 0 Å². The van der Waals surface area contributed by atoms with Crippen molar-refractivity contribution in [3.8, 4) is 22.6 Å². The van der Waals surface area contributed by atoms with E-state index in [0.717, 1.165) is 17.7 Å². The Kier molecular flexibility index (Phi) is 5.96. The maximum absolute atomic E-state index is 12.9. The van der Waals surface area contributed by atoms with Crippen molar-refractivity contribution < 1.29 is 18.3 Å². The molecule has 5 aromatic rings. The Morgan fingerprint density at radius 2 is 1.58 bits per heavy atom. The first-order chi connectivity index (χ1) is 18.1. The van der Waals surface area contributed by atoms with Gasteiger partial charge in [-0.3, -0.25) is 29.9 Å². The van der Waals surface area contributed by atoms with E-state index in [9.17, 15) is 28.6 Å². The van der Waals surface area contributed by atoms with Gasteiger partial charge in [0.25, 0.3) is 21.4 Å². The third-order valence-corrected chi connectivity index (χ3v) is 7.01. The van der Waals surface area contributed by atoms with Gasteiger partial charge in [0.2, 0.25) is 0 Å². The molecule has 0 aliphatic rings. The zero-order valence-electron chi connectivity index (χ0n) is 19.4. The predicted molar refractivity (Wildman–Crippen MR) is 135 cm³/mol. The van der Waals surface area contributed by atoms with Crippen LogP contribution in [0, 0.1) is 27.2 Å². The molecule has 0 radical (unpaired) electrons. The lowest BCUT2D eigenvalue weighted by molar-refractivity contribution is -0.395. The molecular weight excluding hydrogens is 516 g/mol. The topological polar surface area (TPSA) is 188 Å². The lowest BCUT2D eigenvalue weighted by Crippen LogP contribution is -2.14. The minimum absolute atomic E-state index is 0.140. The molecule has 0 aliphatic heterocycles. The smallest absolute Gasteiger partial charge is 0.280 e. The molecule has 0 bridgehead atoms. The van der Waals surface area contributed by atoms with Crippen LogP contribution < -0.4 is 4.72 Å². The molecule has 3 aromatic heterocycles. The summed E-state index contributed by atoms with van der Waals surface area (Å²) >= 11 is 0. The Morgan fingerprint density at radius 1 is 0.895 bits per heavy atom. The van der Waals surface area contributed by atoms with Gasteiger partial charge in [-0.2, -0.15) is 9.61 Å². The third kappa shape index (κ3) is 4.48. The molecular formula is C23H16N8O6S. The van der Waals surface area contributed by atoms with Gasteiger partial charge in [-0.25, -0.2) is 8.42 Å². The first kappa shape index (κ1) is 24.4. The summed E-state index contributed by atoms with van der Waals surface area (Å²) in [7, 11) is -4.38. The Labute approximate surface area is 214 Å². The van der Waals surface area contributed by atoms with Crippen molar-refractivity contribution in [1.29, 1.82) is 0 Å².